The highest BCUT2D eigenvalue weighted by molar-refractivity contribution is 14.0. The van der Waals surface area contributed by atoms with Gasteiger partial charge in [0.2, 0.25) is 0 Å². The summed E-state index contributed by atoms with van der Waals surface area (Å²) in [5.41, 5.74) is 1.89. The Morgan fingerprint density at radius 1 is 0.967 bits per heavy atom. The second kappa shape index (κ2) is 11.6. The summed E-state index contributed by atoms with van der Waals surface area (Å²) in [5.74, 6) is -0.0149. The van der Waals surface area contributed by atoms with Crippen molar-refractivity contribution in [2.24, 2.45) is 4.99 Å². The number of benzene rings is 2. The molecule has 0 spiro atoms. The molecule has 0 atom stereocenters. The molecule has 0 aliphatic carbocycles. The molecule has 0 saturated carbocycles. The highest BCUT2D eigenvalue weighted by atomic mass is 127. The minimum atomic E-state index is -0.263. The van der Waals surface area contributed by atoms with Crippen molar-refractivity contribution in [2.75, 3.05) is 19.6 Å². The Hall–Kier alpha value is -2.49. The predicted molar refractivity (Wildman–Crippen MR) is 126 cm³/mol. The SMILES string of the molecule is CCNC(=NCc1ccc(F)cc1)NCCCCN1C(=O)c2ccccc2C1=O.I. The molecule has 0 radical (unpaired) electrons. The maximum atomic E-state index is 13.0. The third-order valence-electron chi connectivity index (χ3n) is 4.66. The van der Waals surface area contributed by atoms with Crippen LogP contribution >= 0.6 is 24.0 Å². The van der Waals surface area contributed by atoms with Gasteiger partial charge in [0, 0.05) is 19.6 Å². The van der Waals surface area contributed by atoms with E-state index in [9.17, 15) is 14.0 Å². The molecule has 2 aromatic rings. The van der Waals surface area contributed by atoms with Crippen LogP contribution in [0.4, 0.5) is 4.39 Å². The van der Waals surface area contributed by atoms with Gasteiger partial charge < -0.3 is 10.6 Å². The van der Waals surface area contributed by atoms with Crippen molar-refractivity contribution in [1.82, 2.24) is 15.5 Å². The summed E-state index contributed by atoms with van der Waals surface area (Å²) in [6, 6.07) is 13.2. The molecule has 2 amide bonds. The first-order chi connectivity index (χ1) is 14.1. The smallest absolute Gasteiger partial charge is 0.261 e. The number of guanidine groups is 1. The van der Waals surface area contributed by atoms with E-state index in [2.05, 4.69) is 15.6 Å². The van der Waals surface area contributed by atoms with Gasteiger partial charge in [-0.2, -0.15) is 0 Å². The number of aliphatic imine (C=N–C) groups is 1. The summed E-state index contributed by atoms with van der Waals surface area (Å²) in [6.07, 6.45) is 1.49. The highest BCUT2D eigenvalue weighted by Crippen LogP contribution is 2.22. The first-order valence-corrected chi connectivity index (χ1v) is 9.82. The summed E-state index contributed by atoms with van der Waals surface area (Å²) >= 11 is 0. The molecule has 0 unspecified atom stereocenters. The number of fused-ring (bicyclic) bond motifs is 1. The maximum absolute atomic E-state index is 13.0. The molecule has 1 heterocycles. The number of nitrogens with one attached hydrogen (secondary N) is 2. The molecule has 160 valence electrons. The van der Waals surface area contributed by atoms with Crippen LogP contribution in [0.3, 0.4) is 0 Å². The lowest BCUT2D eigenvalue weighted by atomic mass is 10.1. The van der Waals surface area contributed by atoms with E-state index in [1.807, 2.05) is 6.92 Å². The van der Waals surface area contributed by atoms with Crippen molar-refractivity contribution in [3.8, 4) is 0 Å². The number of hydrogen-bond donors (Lipinski definition) is 2. The number of hydrogen-bond acceptors (Lipinski definition) is 3. The lowest BCUT2D eigenvalue weighted by Crippen LogP contribution is -2.38. The first-order valence-electron chi connectivity index (χ1n) is 9.82. The third kappa shape index (κ3) is 6.01. The summed E-state index contributed by atoms with van der Waals surface area (Å²) in [7, 11) is 0. The van der Waals surface area contributed by atoms with Crippen molar-refractivity contribution < 1.29 is 14.0 Å². The van der Waals surface area contributed by atoms with Gasteiger partial charge in [-0.05, 0) is 49.6 Å². The number of halogens is 2. The van der Waals surface area contributed by atoms with Gasteiger partial charge in [0.05, 0.1) is 17.7 Å². The van der Waals surface area contributed by atoms with E-state index in [4.69, 9.17) is 0 Å². The van der Waals surface area contributed by atoms with E-state index in [1.54, 1.807) is 36.4 Å². The number of imide groups is 1. The Kier molecular flexibility index (Phi) is 9.22. The zero-order valence-electron chi connectivity index (χ0n) is 16.9. The zero-order valence-corrected chi connectivity index (χ0v) is 19.2. The van der Waals surface area contributed by atoms with Crippen LogP contribution in [-0.2, 0) is 6.54 Å². The Bertz CT molecular complexity index is 867. The largest absolute Gasteiger partial charge is 0.357 e. The van der Waals surface area contributed by atoms with Gasteiger partial charge >= 0.3 is 0 Å². The molecule has 6 nitrogen and oxygen atoms in total. The van der Waals surface area contributed by atoms with Gasteiger partial charge in [-0.15, -0.1) is 24.0 Å². The van der Waals surface area contributed by atoms with Crippen LogP contribution in [0.1, 0.15) is 46.0 Å². The van der Waals surface area contributed by atoms with Crippen molar-refractivity contribution in [3.05, 3.63) is 71.0 Å². The molecular weight excluding hydrogens is 498 g/mol. The quantitative estimate of drug-likeness (QED) is 0.182. The van der Waals surface area contributed by atoms with E-state index in [-0.39, 0.29) is 41.6 Å². The molecule has 0 aromatic heterocycles. The van der Waals surface area contributed by atoms with Crippen LogP contribution in [0.25, 0.3) is 0 Å². The standard InChI is InChI=1S/C22H25FN4O2.HI/c1-2-24-22(26-15-16-9-11-17(23)12-10-16)25-13-5-6-14-27-20(28)18-7-3-4-8-19(18)21(27)29;/h3-4,7-12H,2,5-6,13-15H2,1H3,(H2,24,25,26);1H. The average molecular weight is 524 g/mol. The molecule has 0 bridgehead atoms. The molecule has 2 N–H and O–H groups in total. The fourth-order valence-electron chi connectivity index (χ4n) is 3.15. The summed E-state index contributed by atoms with van der Waals surface area (Å²) in [5, 5.41) is 6.41. The topological polar surface area (TPSA) is 73.8 Å². The summed E-state index contributed by atoms with van der Waals surface area (Å²) < 4.78 is 13.0. The molecule has 30 heavy (non-hydrogen) atoms. The Morgan fingerprint density at radius 2 is 1.60 bits per heavy atom. The fourth-order valence-corrected chi connectivity index (χ4v) is 3.15. The highest BCUT2D eigenvalue weighted by Gasteiger charge is 2.34. The van der Waals surface area contributed by atoms with E-state index < -0.39 is 0 Å². The molecule has 2 aromatic carbocycles. The minimum absolute atomic E-state index is 0. The van der Waals surface area contributed by atoms with E-state index >= 15 is 0 Å². The first kappa shape index (κ1) is 23.8. The van der Waals surface area contributed by atoms with Crippen LogP contribution in [0, 0.1) is 5.82 Å². The Morgan fingerprint density at radius 3 is 2.20 bits per heavy atom. The summed E-state index contributed by atoms with van der Waals surface area (Å²) in [6.45, 7) is 4.22. The minimum Gasteiger partial charge on any atom is -0.357 e. The lowest BCUT2D eigenvalue weighted by Gasteiger charge is -2.14. The second-order valence-electron chi connectivity index (χ2n) is 6.76. The zero-order chi connectivity index (χ0) is 20.6. The van der Waals surface area contributed by atoms with Crippen LogP contribution in [0.15, 0.2) is 53.5 Å². The summed E-state index contributed by atoms with van der Waals surface area (Å²) in [4.78, 5) is 30.5. The molecule has 0 fully saturated rings. The van der Waals surface area contributed by atoms with Crippen molar-refractivity contribution in [1.29, 1.82) is 0 Å². The van der Waals surface area contributed by atoms with Gasteiger partial charge in [-0.25, -0.2) is 9.38 Å². The predicted octanol–water partition coefficient (Wildman–Crippen LogP) is 3.58. The Balaban J connectivity index is 0.00000320. The lowest BCUT2D eigenvalue weighted by molar-refractivity contribution is 0.0652. The van der Waals surface area contributed by atoms with E-state index in [0.717, 1.165) is 18.5 Å². The van der Waals surface area contributed by atoms with Crippen molar-refractivity contribution in [3.63, 3.8) is 0 Å². The van der Waals surface area contributed by atoms with Crippen LogP contribution < -0.4 is 10.6 Å². The number of rotatable bonds is 8. The molecule has 1 aliphatic rings. The van der Waals surface area contributed by atoms with Crippen LogP contribution in [-0.4, -0.2) is 42.3 Å². The number of carbonyl (C=O) groups excluding carboxylic acids is 2. The van der Waals surface area contributed by atoms with Crippen LogP contribution in [0.5, 0.6) is 0 Å². The Labute approximate surface area is 193 Å². The van der Waals surface area contributed by atoms with Crippen molar-refractivity contribution in [2.45, 2.75) is 26.3 Å². The number of nitrogens with zero attached hydrogens (tertiary/aromatic N) is 2. The number of carbonyl (C=O) groups is 2. The maximum Gasteiger partial charge on any atom is 0.261 e. The van der Waals surface area contributed by atoms with E-state index in [0.29, 0.717) is 43.1 Å². The molecule has 8 heteroatoms. The molecule has 3 rings (SSSR count). The van der Waals surface area contributed by atoms with Crippen molar-refractivity contribution >= 4 is 41.8 Å². The van der Waals surface area contributed by atoms with Gasteiger partial charge in [-0.1, -0.05) is 24.3 Å². The molecule has 1 aliphatic heterocycles. The normalized spacial score (nSPS) is 13.1. The van der Waals surface area contributed by atoms with E-state index in [1.165, 1.54) is 17.0 Å². The third-order valence-corrected chi connectivity index (χ3v) is 4.66. The monoisotopic (exact) mass is 524 g/mol. The second-order valence-corrected chi connectivity index (χ2v) is 6.76. The number of amides is 2. The van der Waals surface area contributed by atoms with Gasteiger partial charge in [0.15, 0.2) is 5.96 Å². The molecule has 0 saturated heterocycles. The average Bonchev–Trinajstić information content (AvgIpc) is 2.98. The van der Waals surface area contributed by atoms with Gasteiger partial charge in [0.25, 0.3) is 11.8 Å². The van der Waals surface area contributed by atoms with Gasteiger partial charge in [-0.3, -0.25) is 14.5 Å². The fraction of sp³-hybridized carbons (Fsp3) is 0.318. The number of unbranched alkanes of at least 4 members (excludes halogenated alkanes) is 1. The van der Waals surface area contributed by atoms with Gasteiger partial charge in [0.1, 0.15) is 5.82 Å². The molecular formula is C22H26FIN4O2. The van der Waals surface area contributed by atoms with Crippen LogP contribution in [0.2, 0.25) is 0 Å².